The topological polar surface area (TPSA) is 127 Å². The number of nitrogens with one attached hydrogen (secondary N) is 1. The second-order valence-electron chi connectivity index (χ2n) is 12.5. The molecule has 0 aliphatic heterocycles. The predicted molar refractivity (Wildman–Crippen MR) is 128 cm³/mol. The summed E-state index contributed by atoms with van der Waals surface area (Å²) in [7, 11) is 0. The molecule has 7 nitrogen and oxygen atoms in total. The van der Waals surface area contributed by atoms with Crippen LogP contribution >= 0.6 is 0 Å². The van der Waals surface area contributed by atoms with Gasteiger partial charge in [0, 0.05) is 13.0 Å². The van der Waals surface area contributed by atoms with Crippen molar-refractivity contribution in [3.05, 3.63) is 0 Å². The van der Waals surface area contributed by atoms with Gasteiger partial charge in [0.05, 0.1) is 24.7 Å². The third kappa shape index (κ3) is 4.41. The molecule has 0 aromatic carbocycles. The summed E-state index contributed by atoms with van der Waals surface area (Å²) < 4.78 is 0. The first-order valence-electron chi connectivity index (χ1n) is 13.5. The van der Waals surface area contributed by atoms with Crippen LogP contribution in [0.2, 0.25) is 0 Å². The first kappa shape index (κ1) is 25.9. The molecule has 0 saturated heterocycles. The minimum absolute atomic E-state index is 0.0700. The maximum atomic E-state index is 12.2. The molecule has 0 spiro atoms. The second-order valence-corrected chi connectivity index (χ2v) is 12.5. The zero-order valence-corrected chi connectivity index (χ0v) is 21.1. The average molecular weight is 480 g/mol. The number of hydrogen-bond acceptors (Lipinski definition) is 5. The fourth-order valence-corrected chi connectivity index (χ4v) is 9.09. The van der Waals surface area contributed by atoms with E-state index in [0.717, 1.165) is 44.9 Å². The summed E-state index contributed by atoms with van der Waals surface area (Å²) in [5, 5.41) is 44.7. The normalized spacial score (nSPS) is 46.6. The lowest BCUT2D eigenvalue weighted by molar-refractivity contribution is -0.207. The van der Waals surface area contributed by atoms with E-state index in [0.29, 0.717) is 24.7 Å². The number of aliphatic carboxylic acids is 1. The highest BCUT2D eigenvalue weighted by Gasteiger charge is 2.65. The van der Waals surface area contributed by atoms with E-state index in [1.54, 1.807) is 0 Å². The first-order chi connectivity index (χ1) is 16.0. The van der Waals surface area contributed by atoms with Crippen molar-refractivity contribution in [2.45, 2.75) is 103 Å². The summed E-state index contributed by atoms with van der Waals surface area (Å²) in [6.07, 6.45) is 6.00. The molecule has 4 aliphatic carbocycles. The first-order valence-corrected chi connectivity index (χ1v) is 13.5. The average Bonchev–Trinajstić information content (AvgIpc) is 3.12. The third-order valence-electron chi connectivity index (χ3n) is 11.0. The predicted octanol–water partition coefficient (Wildman–Crippen LogP) is 2.96. The molecule has 5 N–H and O–H groups in total. The van der Waals surface area contributed by atoms with E-state index in [2.05, 4.69) is 26.1 Å². The molecule has 0 aromatic rings. The van der Waals surface area contributed by atoms with Gasteiger partial charge in [0.2, 0.25) is 5.91 Å². The van der Waals surface area contributed by atoms with Crippen LogP contribution in [-0.4, -0.2) is 57.2 Å². The van der Waals surface area contributed by atoms with Gasteiger partial charge in [-0.1, -0.05) is 20.8 Å². The van der Waals surface area contributed by atoms with Crippen LogP contribution in [0.5, 0.6) is 0 Å². The molecular formula is C27H45NO6. The highest BCUT2D eigenvalue weighted by molar-refractivity contribution is 5.76. The molecule has 194 valence electrons. The molecule has 0 radical (unpaired) electrons. The van der Waals surface area contributed by atoms with Gasteiger partial charge in [-0.05, 0) is 97.7 Å². The summed E-state index contributed by atoms with van der Waals surface area (Å²) in [6.45, 7) is 6.91. The Morgan fingerprint density at radius 1 is 1.00 bits per heavy atom. The summed E-state index contributed by atoms with van der Waals surface area (Å²) in [6, 6.07) is 0. The molecule has 4 rings (SSSR count). The van der Waals surface area contributed by atoms with Crippen LogP contribution < -0.4 is 5.32 Å². The summed E-state index contributed by atoms with van der Waals surface area (Å²) in [4.78, 5) is 22.8. The van der Waals surface area contributed by atoms with Crippen molar-refractivity contribution >= 4 is 11.9 Å². The van der Waals surface area contributed by atoms with E-state index in [1.165, 1.54) is 0 Å². The van der Waals surface area contributed by atoms with Gasteiger partial charge in [0.1, 0.15) is 0 Å². The van der Waals surface area contributed by atoms with Gasteiger partial charge in [0.25, 0.3) is 0 Å². The monoisotopic (exact) mass is 479 g/mol. The van der Waals surface area contributed by atoms with E-state index in [9.17, 15) is 24.9 Å². The highest BCUT2D eigenvalue weighted by atomic mass is 16.4. The summed E-state index contributed by atoms with van der Waals surface area (Å²) in [5.41, 5.74) is -0.193. The van der Waals surface area contributed by atoms with Crippen molar-refractivity contribution in [1.29, 1.82) is 0 Å². The van der Waals surface area contributed by atoms with Crippen molar-refractivity contribution in [2.75, 3.05) is 6.54 Å². The van der Waals surface area contributed by atoms with Crippen molar-refractivity contribution in [3.8, 4) is 0 Å². The molecule has 7 heteroatoms. The van der Waals surface area contributed by atoms with E-state index >= 15 is 0 Å². The number of carbonyl (C=O) groups excluding carboxylic acids is 1. The van der Waals surface area contributed by atoms with Crippen molar-refractivity contribution in [1.82, 2.24) is 5.32 Å². The number of hydrogen-bond donors (Lipinski definition) is 5. The zero-order chi connectivity index (χ0) is 24.8. The third-order valence-corrected chi connectivity index (χ3v) is 11.0. The molecule has 1 unspecified atom stereocenters. The highest BCUT2D eigenvalue weighted by Crippen LogP contribution is 2.68. The fourth-order valence-electron chi connectivity index (χ4n) is 9.09. The number of aliphatic hydroxyl groups excluding tert-OH is 3. The van der Waals surface area contributed by atoms with Crippen LogP contribution in [0.1, 0.15) is 85.0 Å². The SMILES string of the molecule is CC(CCC(=O)NCCC(=O)O)[C@H]1CC[C@H]2[C@@H]3[C@H](O)C[C@@H]4C[C@H](O)CC[C@]4(C)[C@H]3C[C@H](O)[C@]12C. The molecule has 4 fully saturated rings. The van der Waals surface area contributed by atoms with Crippen LogP contribution in [0.3, 0.4) is 0 Å². The Morgan fingerprint density at radius 2 is 1.74 bits per heavy atom. The fraction of sp³-hybridized carbons (Fsp3) is 0.926. The standard InChI is InChI=1S/C27H45NO6/c1-15(4-7-23(32)28-11-9-24(33)34)18-5-6-19-25-20(14-22(31)27(18,19)3)26(2)10-8-17(29)12-16(26)13-21(25)30/h15-22,25,29-31H,4-14H2,1-3H3,(H,28,32)(H,33,34)/t15?,16-,17+,18+,19-,20-,21+,22-,25-,26-,27+/m0/s1. The number of carboxylic acid groups (broad SMARTS) is 1. The Hall–Kier alpha value is -1.18. The Balaban J connectivity index is 1.45. The Bertz CT molecular complexity index is 774. The number of rotatable bonds is 7. The Labute approximate surface area is 203 Å². The van der Waals surface area contributed by atoms with E-state index < -0.39 is 12.1 Å². The van der Waals surface area contributed by atoms with Crippen LogP contribution in [0.4, 0.5) is 0 Å². The van der Waals surface area contributed by atoms with Gasteiger partial charge in [-0.3, -0.25) is 9.59 Å². The quantitative estimate of drug-likeness (QED) is 0.382. The van der Waals surface area contributed by atoms with Crippen LogP contribution in [0.15, 0.2) is 0 Å². The van der Waals surface area contributed by atoms with Gasteiger partial charge in [-0.15, -0.1) is 0 Å². The maximum Gasteiger partial charge on any atom is 0.305 e. The van der Waals surface area contributed by atoms with Crippen LogP contribution in [0.25, 0.3) is 0 Å². The van der Waals surface area contributed by atoms with Gasteiger partial charge in [-0.2, -0.15) is 0 Å². The molecule has 0 heterocycles. The van der Waals surface area contributed by atoms with Gasteiger partial charge in [-0.25, -0.2) is 0 Å². The van der Waals surface area contributed by atoms with Gasteiger partial charge < -0.3 is 25.7 Å². The molecular weight excluding hydrogens is 434 g/mol. The lowest BCUT2D eigenvalue weighted by atomic mass is 9.43. The number of carboxylic acids is 1. The lowest BCUT2D eigenvalue weighted by Gasteiger charge is -2.63. The number of aliphatic hydroxyl groups is 3. The minimum atomic E-state index is -0.919. The Kier molecular flexibility index (Phi) is 7.39. The maximum absolute atomic E-state index is 12.2. The Morgan fingerprint density at radius 3 is 2.44 bits per heavy atom. The van der Waals surface area contributed by atoms with Crippen molar-refractivity contribution < 1.29 is 30.0 Å². The van der Waals surface area contributed by atoms with Gasteiger partial charge >= 0.3 is 5.97 Å². The molecule has 1 amide bonds. The lowest BCUT2D eigenvalue weighted by Crippen LogP contribution is -2.62. The number of fused-ring (bicyclic) bond motifs is 5. The van der Waals surface area contributed by atoms with E-state index in [4.69, 9.17) is 5.11 Å². The summed E-state index contributed by atoms with van der Waals surface area (Å²) in [5.74, 6) is 0.609. The van der Waals surface area contributed by atoms with Crippen molar-refractivity contribution in [2.24, 2.45) is 46.3 Å². The smallest absolute Gasteiger partial charge is 0.305 e. The molecule has 11 atom stereocenters. The second kappa shape index (κ2) is 9.70. The zero-order valence-electron chi connectivity index (χ0n) is 21.1. The molecule has 34 heavy (non-hydrogen) atoms. The van der Waals surface area contributed by atoms with E-state index in [-0.39, 0.29) is 65.6 Å². The van der Waals surface area contributed by atoms with Crippen LogP contribution in [-0.2, 0) is 9.59 Å². The molecule has 4 aliphatic rings. The largest absolute Gasteiger partial charge is 0.481 e. The van der Waals surface area contributed by atoms with Crippen LogP contribution in [0, 0.1) is 46.3 Å². The molecule has 4 saturated carbocycles. The van der Waals surface area contributed by atoms with Gasteiger partial charge in [0.15, 0.2) is 0 Å². The minimum Gasteiger partial charge on any atom is -0.481 e. The van der Waals surface area contributed by atoms with E-state index in [1.807, 2.05) is 0 Å². The number of carbonyl (C=O) groups is 2. The number of amides is 1. The molecule has 0 bridgehead atoms. The van der Waals surface area contributed by atoms with Crippen molar-refractivity contribution in [3.63, 3.8) is 0 Å². The molecule has 0 aromatic heterocycles. The summed E-state index contributed by atoms with van der Waals surface area (Å²) >= 11 is 0.